The number of benzene rings is 3. The van der Waals surface area contributed by atoms with Crippen LogP contribution in [0, 0.1) is 5.82 Å². The van der Waals surface area contributed by atoms with Crippen LogP contribution in [0.2, 0.25) is 0 Å². The molecule has 1 heterocycles. The molecule has 1 aliphatic carbocycles. The minimum Gasteiger partial charge on any atom is -0.481 e. The summed E-state index contributed by atoms with van der Waals surface area (Å²) in [5.41, 5.74) is 4.18. The minimum absolute atomic E-state index is 0.0335. The molecule has 0 amide bonds. The van der Waals surface area contributed by atoms with Gasteiger partial charge in [0.05, 0.1) is 11.3 Å². The molecule has 1 aromatic heterocycles. The zero-order valence-electron chi connectivity index (χ0n) is 21.8. The van der Waals surface area contributed by atoms with Crippen LogP contribution in [0.5, 0.6) is 0 Å². The molecule has 210 valence electrons. The molecule has 0 saturated carbocycles. The maximum absolute atomic E-state index is 13.1. The average Bonchev–Trinajstić information content (AvgIpc) is 3.24. The fourth-order valence-corrected chi connectivity index (χ4v) is 6.23. The normalized spacial score (nSPS) is 14.7. The molecule has 1 atom stereocenters. The number of carboxylic acids is 2. The van der Waals surface area contributed by atoms with E-state index in [1.807, 2.05) is 59.2 Å². The molecule has 5 rings (SSSR count). The van der Waals surface area contributed by atoms with E-state index in [9.17, 15) is 22.4 Å². The second-order valence-electron chi connectivity index (χ2n) is 9.63. The molecule has 4 aromatic rings. The Morgan fingerprint density at radius 2 is 1.55 bits per heavy atom. The van der Waals surface area contributed by atoms with Gasteiger partial charge in [0, 0.05) is 35.6 Å². The summed E-state index contributed by atoms with van der Waals surface area (Å²) in [4.78, 5) is 21.3. The van der Waals surface area contributed by atoms with Crippen LogP contribution in [-0.4, -0.2) is 41.2 Å². The minimum atomic E-state index is -3.75. The van der Waals surface area contributed by atoms with E-state index in [1.54, 1.807) is 0 Å². The Morgan fingerprint density at radius 3 is 2.23 bits per heavy atom. The lowest BCUT2D eigenvalue weighted by molar-refractivity contribution is -0.138. The molecule has 1 aliphatic rings. The highest BCUT2D eigenvalue weighted by atomic mass is 32.2. The van der Waals surface area contributed by atoms with Gasteiger partial charge in [0.25, 0.3) is 0 Å². The van der Waals surface area contributed by atoms with E-state index in [0.29, 0.717) is 32.2 Å². The van der Waals surface area contributed by atoms with Gasteiger partial charge in [-0.2, -0.15) is 0 Å². The predicted octanol–water partition coefficient (Wildman–Crippen LogP) is 4.79. The van der Waals surface area contributed by atoms with E-state index < -0.39 is 27.8 Å². The van der Waals surface area contributed by atoms with Crippen molar-refractivity contribution in [2.24, 2.45) is 0 Å². The number of carbonyl (C=O) groups is 2. The van der Waals surface area contributed by atoms with Crippen LogP contribution in [0.1, 0.15) is 36.1 Å². The van der Waals surface area contributed by atoms with E-state index in [2.05, 4.69) is 4.72 Å². The smallest absolute Gasteiger partial charge is 0.305 e. The van der Waals surface area contributed by atoms with Crippen molar-refractivity contribution < 1.29 is 32.6 Å². The number of carboxylic acid groups (broad SMARTS) is 2. The summed E-state index contributed by atoms with van der Waals surface area (Å²) in [5.74, 6) is -2.08. The first-order valence-electron chi connectivity index (χ1n) is 13.0. The molecule has 40 heavy (non-hydrogen) atoms. The number of hydrogen-bond acceptors (Lipinski definition) is 4. The molecule has 0 radical (unpaired) electrons. The zero-order valence-corrected chi connectivity index (χ0v) is 22.6. The average molecular weight is 567 g/mol. The van der Waals surface area contributed by atoms with Gasteiger partial charge < -0.3 is 14.8 Å². The van der Waals surface area contributed by atoms with Crippen LogP contribution in [0.25, 0.3) is 10.9 Å². The van der Waals surface area contributed by atoms with Crippen LogP contribution in [-0.2, 0) is 45.4 Å². The number of hydrogen-bond donors (Lipinski definition) is 3. The Balaban J connectivity index is 0.000000283. The number of aromatic nitrogens is 1. The predicted molar refractivity (Wildman–Crippen MR) is 149 cm³/mol. The number of halogens is 1. The molecular weight excluding hydrogens is 535 g/mol. The van der Waals surface area contributed by atoms with Crippen molar-refractivity contribution in [2.45, 2.75) is 56.0 Å². The first-order chi connectivity index (χ1) is 19.1. The van der Waals surface area contributed by atoms with Crippen molar-refractivity contribution in [3.05, 3.63) is 102 Å². The Hall–Kier alpha value is -4.02. The van der Waals surface area contributed by atoms with E-state index >= 15 is 0 Å². The molecule has 0 fully saturated rings. The summed E-state index contributed by atoms with van der Waals surface area (Å²) >= 11 is 0. The molecule has 0 saturated heterocycles. The highest BCUT2D eigenvalue weighted by Crippen LogP contribution is 2.33. The summed E-state index contributed by atoms with van der Waals surface area (Å²) in [6, 6.07) is 21.9. The Labute approximate surface area is 232 Å². The number of para-hydroxylation sites is 1. The van der Waals surface area contributed by atoms with Gasteiger partial charge in [-0.25, -0.2) is 17.5 Å². The Kier molecular flexibility index (Phi) is 9.34. The molecule has 0 bridgehead atoms. The van der Waals surface area contributed by atoms with E-state index in [1.165, 1.54) is 12.1 Å². The fraction of sp³-hybridized carbons (Fsp3) is 0.267. The lowest BCUT2D eigenvalue weighted by Crippen LogP contribution is -2.39. The van der Waals surface area contributed by atoms with E-state index in [0.717, 1.165) is 39.9 Å². The number of nitrogens with one attached hydrogen (secondary N) is 1. The lowest BCUT2D eigenvalue weighted by Gasteiger charge is -2.25. The van der Waals surface area contributed by atoms with Crippen LogP contribution >= 0.6 is 0 Å². The van der Waals surface area contributed by atoms with Gasteiger partial charge in [-0.15, -0.1) is 0 Å². The quantitative estimate of drug-likeness (QED) is 0.267. The number of sulfonamides is 1. The number of aryl methyl sites for hydroxylation is 2. The highest BCUT2D eigenvalue weighted by molar-refractivity contribution is 7.89. The summed E-state index contributed by atoms with van der Waals surface area (Å²) in [6.07, 6.45) is 2.65. The van der Waals surface area contributed by atoms with Crippen molar-refractivity contribution in [1.82, 2.24) is 9.29 Å². The van der Waals surface area contributed by atoms with Crippen molar-refractivity contribution in [3.63, 3.8) is 0 Å². The Morgan fingerprint density at radius 1 is 0.900 bits per heavy atom. The molecule has 8 nitrogen and oxygen atoms in total. The molecule has 10 heteroatoms. The van der Waals surface area contributed by atoms with Crippen molar-refractivity contribution in [1.29, 1.82) is 0 Å². The van der Waals surface area contributed by atoms with Gasteiger partial charge in [-0.05, 0) is 67.1 Å². The zero-order chi connectivity index (χ0) is 28.7. The largest absolute Gasteiger partial charge is 0.481 e. The fourth-order valence-electron chi connectivity index (χ4n) is 4.96. The summed E-state index contributed by atoms with van der Waals surface area (Å²) in [6.45, 7) is 0.386. The van der Waals surface area contributed by atoms with Gasteiger partial charge in [0.1, 0.15) is 5.82 Å². The first kappa shape index (κ1) is 29.0. The monoisotopic (exact) mass is 566 g/mol. The van der Waals surface area contributed by atoms with Crippen LogP contribution in [0.3, 0.4) is 0 Å². The number of rotatable bonds is 9. The van der Waals surface area contributed by atoms with Gasteiger partial charge in [-0.1, -0.05) is 48.5 Å². The standard InChI is InChI=1S/C21H21FN2O4S.C9H10O2/c22-14-5-8-16(9-6-14)29(27,28)23-15-7-10-20-18(13-15)17-3-1-2-4-19(17)24(20)12-11-21(25)26;10-9(11)7-6-8-4-2-1-3-5-8/h1-6,8-9,15,23H,7,10-13H2,(H,25,26);1-5H,6-7H2,(H,10,11)/t15-;/m1./s1. The second-order valence-corrected chi connectivity index (χ2v) is 11.3. The molecule has 3 N–H and O–H groups in total. The van der Waals surface area contributed by atoms with E-state index in [-0.39, 0.29) is 23.8 Å². The third-order valence-corrected chi connectivity index (χ3v) is 8.38. The van der Waals surface area contributed by atoms with Gasteiger partial charge in [0.2, 0.25) is 10.0 Å². The van der Waals surface area contributed by atoms with Crippen LogP contribution < -0.4 is 4.72 Å². The number of aliphatic carboxylic acids is 2. The third kappa shape index (κ3) is 7.34. The third-order valence-electron chi connectivity index (χ3n) is 6.84. The first-order valence-corrected chi connectivity index (χ1v) is 14.5. The molecule has 0 unspecified atom stereocenters. The molecule has 3 aromatic carbocycles. The van der Waals surface area contributed by atoms with Gasteiger partial charge in [0.15, 0.2) is 0 Å². The summed E-state index contributed by atoms with van der Waals surface area (Å²) in [5, 5.41) is 18.5. The second kappa shape index (κ2) is 12.9. The number of nitrogens with zero attached hydrogens (tertiary/aromatic N) is 1. The highest BCUT2D eigenvalue weighted by Gasteiger charge is 2.28. The molecular formula is C30H31FN2O6S. The maximum atomic E-state index is 13.1. The molecule has 0 spiro atoms. The lowest BCUT2D eigenvalue weighted by atomic mass is 9.92. The molecule has 0 aliphatic heterocycles. The van der Waals surface area contributed by atoms with Gasteiger partial charge in [-0.3, -0.25) is 9.59 Å². The maximum Gasteiger partial charge on any atom is 0.305 e. The number of fused-ring (bicyclic) bond motifs is 3. The SMILES string of the molecule is O=C(O)CCc1ccccc1.O=C(O)CCn1c2c(c3ccccc31)C[C@H](NS(=O)(=O)c1ccc(F)cc1)CC2. The van der Waals surface area contributed by atoms with Gasteiger partial charge >= 0.3 is 11.9 Å². The van der Waals surface area contributed by atoms with Crippen molar-refractivity contribution in [2.75, 3.05) is 0 Å². The van der Waals surface area contributed by atoms with Crippen molar-refractivity contribution >= 4 is 32.9 Å². The van der Waals surface area contributed by atoms with Crippen LogP contribution in [0.4, 0.5) is 4.39 Å². The summed E-state index contributed by atoms with van der Waals surface area (Å²) < 4.78 is 43.2. The van der Waals surface area contributed by atoms with Crippen LogP contribution in [0.15, 0.2) is 83.8 Å². The van der Waals surface area contributed by atoms with E-state index in [4.69, 9.17) is 10.2 Å². The topological polar surface area (TPSA) is 126 Å². The summed E-state index contributed by atoms with van der Waals surface area (Å²) in [7, 11) is -3.75. The van der Waals surface area contributed by atoms with Crippen molar-refractivity contribution in [3.8, 4) is 0 Å². The Bertz CT molecular complexity index is 1580.